The zero-order valence-electron chi connectivity index (χ0n) is 19.6. The summed E-state index contributed by atoms with van der Waals surface area (Å²) in [7, 11) is 0. The number of amides is 1. The highest BCUT2D eigenvalue weighted by atomic mass is 16.5. The lowest BCUT2D eigenvalue weighted by Gasteiger charge is -2.25. The third-order valence-electron chi connectivity index (χ3n) is 7.72. The van der Waals surface area contributed by atoms with Crippen LogP contribution in [0.15, 0.2) is 18.3 Å². The third-order valence-corrected chi connectivity index (χ3v) is 7.72. The average Bonchev–Trinajstić information content (AvgIpc) is 3.55. The second-order valence-electron chi connectivity index (χ2n) is 10.0. The van der Waals surface area contributed by atoms with Crippen LogP contribution in [0, 0.1) is 11.8 Å². The predicted molar refractivity (Wildman–Crippen MR) is 126 cm³/mol. The second-order valence-corrected chi connectivity index (χ2v) is 10.0. The van der Waals surface area contributed by atoms with E-state index in [2.05, 4.69) is 21.4 Å². The fraction of sp³-hybridized carbons (Fsp3) is 0.731. The number of aliphatic carboxylic acids is 1. The van der Waals surface area contributed by atoms with Crippen LogP contribution in [0.4, 0.5) is 0 Å². The molecule has 3 N–H and O–H groups in total. The van der Waals surface area contributed by atoms with Gasteiger partial charge < -0.3 is 20.1 Å². The van der Waals surface area contributed by atoms with Crippen molar-refractivity contribution in [3.8, 4) is 0 Å². The van der Waals surface area contributed by atoms with Crippen LogP contribution in [0.1, 0.15) is 106 Å². The van der Waals surface area contributed by atoms with Gasteiger partial charge in [0.2, 0.25) is 0 Å². The lowest BCUT2D eigenvalue weighted by atomic mass is 9.77. The maximum atomic E-state index is 12.6. The van der Waals surface area contributed by atoms with Crippen molar-refractivity contribution in [3.05, 3.63) is 29.9 Å². The normalized spacial score (nSPS) is 27.4. The van der Waals surface area contributed by atoms with E-state index in [0.717, 1.165) is 37.4 Å². The molecule has 0 aromatic carbocycles. The maximum Gasteiger partial charge on any atom is 0.303 e. The van der Waals surface area contributed by atoms with Gasteiger partial charge in [-0.15, -0.1) is 0 Å². The fourth-order valence-corrected chi connectivity index (χ4v) is 5.98. The number of carboxylic acid groups (broad SMARTS) is 1. The zero-order chi connectivity index (χ0) is 23.0. The van der Waals surface area contributed by atoms with Crippen LogP contribution in [0.25, 0.3) is 0 Å². The average molecular weight is 458 g/mol. The van der Waals surface area contributed by atoms with E-state index < -0.39 is 5.97 Å². The van der Waals surface area contributed by atoms with Crippen LogP contribution < -0.4 is 5.32 Å². The molecule has 7 nitrogen and oxygen atoms in total. The number of hydrogen-bond donors (Lipinski definition) is 3. The van der Waals surface area contributed by atoms with Gasteiger partial charge in [-0.25, -0.2) is 4.98 Å². The van der Waals surface area contributed by atoms with E-state index in [1.54, 1.807) is 6.20 Å². The molecule has 33 heavy (non-hydrogen) atoms. The highest BCUT2D eigenvalue weighted by molar-refractivity contribution is 5.92. The van der Waals surface area contributed by atoms with Crippen molar-refractivity contribution in [3.63, 3.8) is 0 Å². The summed E-state index contributed by atoms with van der Waals surface area (Å²) in [5.74, 6) is 1.33. The Balaban J connectivity index is 1.23. The van der Waals surface area contributed by atoms with E-state index in [1.807, 2.05) is 6.08 Å². The van der Waals surface area contributed by atoms with Crippen LogP contribution in [-0.2, 0) is 9.53 Å². The molecule has 4 rings (SSSR count). The zero-order valence-corrected chi connectivity index (χ0v) is 19.6. The van der Waals surface area contributed by atoms with E-state index >= 15 is 0 Å². The lowest BCUT2D eigenvalue weighted by molar-refractivity contribution is -0.136. The van der Waals surface area contributed by atoms with Crippen molar-refractivity contribution >= 4 is 11.9 Å². The number of carbonyl (C=O) groups is 2. The molecule has 7 heteroatoms. The predicted octanol–water partition coefficient (Wildman–Crippen LogP) is 4.96. The molecule has 4 unspecified atom stereocenters. The number of fused-ring (bicyclic) bond motifs is 2. The molecule has 4 atom stereocenters. The van der Waals surface area contributed by atoms with Crippen LogP contribution in [0.3, 0.4) is 0 Å². The number of nitrogens with one attached hydrogen (secondary N) is 2. The Hall–Kier alpha value is -2.15. The molecule has 0 spiro atoms. The Morgan fingerprint density at radius 3 is 2.76 bits per heavy atom. The van der Waals surface area contributed by atoms with E-state index in [9.17, 15) is 9.59 Å². The van der Waals surface area contributed by atoms with Gasteiger partial charge in [0, 0.05) is 31.0 Å². The summed E-state index contributed by atoms with van der Waals surface area (Å²) in [6.45, 7) is 0.703. The van der Waals surface area contributed by atoms with Gasteiger partial charge >= 0.3 is 5.97 Å². The second kappa shape index (κ2) is 11.8. The Morgan fingerprint density at radius 2 is 1.94 bits per heavy atom. The number of hydrogen-bond acceptors (Lipinski definition) is 4. The summed E-state index contributed by atoms with van der Waals surface area (Å²) in [5.41, 5.74) is 0.454. The van der Waals surface area contributed by atoms with E-state index in [0.29, 0.717) is 24.6 Å². The molecule has 2 saturated heterocycles. The first-order valence-electron chi connectivity index (χ1n) is 13.0. The van der Waals surface area contributed by atoms with Gasteiger partial charge in [0.05, 0.1) is 12.2 Å². The van der Waals surface area contributed by atoms with Gasteiger partial charge in [-0.3, -0.25) is 9.59 Å². The van der Waals surface area contributed by atoms with Crippen molar-refractivity contribution in [2.24, 2.45) is 11.8 Å². The first-order chi connectivity index (χ1) is 16.1. The molecule has 1 aromatic rings. The van der Waals surface area contributed by atoms with Gasteiger partial charge in [-0.2, -0.15) is 0 Å². The Morgan fingerprint density at radius 1 is 1.12 bits per heavy atom. The largest absolute Gasteiger partial charge is 0.481 e. The van der Waals surface area contributed by atoms with E-state index in [-0.39, 0.29) is 30.5 Å². The number of rotatable bonds is 12. The number of imidazole rings is 1. The fourth-order valence-electron chi connectivity index (χ4n) is 5.98. The minimum absolute atomic E-state index is 0.107. The molecule has 182 valence electrons. The van der Waals surface area contributed by atoms with Crippen molar-refractivity contribution < 1.29 is 19.4 Å². The third kappa shape index (κ3) is 6.46. The summed E-state index contributed by atoms with van der Waals surface area (Å²) >= 11 is 0. The standard InChI is InChI=1S/C26H39N3O4/c30-23(31)13-6-2-5-12-19-21-14-15-22(33-21)24(19)25-28-17-20(29-25)26(32)27-16-8-7-11-18-9-3-1-4-10-18/h2,5,17-19,21-22,24H,1,3-4,6-16H2,(H,27,32)(H,28,29)(H,30,31). The highest BCUT2D eigenvalue weighted by Crippen LogP contribution is 2.49. The van der Waals surface area contributed by atoms with Crippen LogP contribution >= 0.6 is 0 Å². The molecule has 0 radical (unpaired) electrons. The molecule has 1 saturated carbocycles. The molecular formula is C26H39N3O4. The number of ether oxygens (including phenoxy) is 1. The summed E-state index contributed by atoms with van der Waals surface area (Å²) in [4.78, 5) is 31.2. The van der Waals surface area contributed by atoms with Crippen molar-refractivity contribution in [2.45, 2.75) is 102 Å². The molecule has 3 heterocycles. The van der Waals surface area contributed by atoms with Crippen LogP contribution in [-0.4, -0.2) is 45.7 Å². The Bertz CT molecular complexity index is 814. The number of nitrogens with zero attached hydrogens (tertiary/aromatic N) is 1. The van der Waals surface area contributed by atoms with Crippen molar-refractivity contribution in [1.82, 2.24) is 15.3 Å². The van der Waals surface area contributed by atoms with Crippen molar-refractivity contribution in [2.75, 3.05) is 6.54 Å². The van der Waals surface area contributed by atoms with E-state index in [1.165, 1.54) is 44.9 Å². The number of unbranched alkanes of at least 4 members (excludes halogenated alkanes) is 1. The number of allylic oxidation sites excluding steroid dienone is 2. The molecule has 1 aliphatic carbocycles. The quantitative estimate of drug-likeness (QED) is 0.304. The minimum Gasteiger partial charge on any atom is -0.481 e. The SMILES string of the molecule is O=C(O)CCC=CCC1C2CCC(O2)C1c1nc(C(=O)NCCCCC2CCCCC2)c[nH]1. The first kappa shape index (κ1) is 24.0. The summed E-state index contributed by atoms with van der Waals surface area (Å²) in [6, 6.07) is 0. The van der Waals surface area contributed by atoms with Gasteiger partial charge in [-0.05, 0) is 38.0 Å². The first-order valence-corrected chi connectivity index (χ1v) is 13.0. The highest BCUT2D eigenvalue weighted by Gasteiger charge is 2.50. The number of aromatic amines is 1. The van der Waals surface area contributed by atoms with Gasteiger partial charge in [-0.1, -0.05) is 57.1 Å². The molecule has 1 aromatic heterocycles. The number of H-pyrrole nitrogens is 1. The van der Waals surface area contributed by atoms with Gasteiger partial charge in [0.15, 0.2) is 0 Å². The van der Waals surface area contributed by atoms with Gasteiger partial charge in [0.25, 0.3) is 5.91 Å². The van der Waals surface area contributed by atoms with Crippen molar-refractivity contribution in [1.29, 1.82) is 0 Å². The Labute approximate surface area is 196 Å². The van der Waals surface area contributed by atoms with Crippen LogP contribution in [0.5, 0.6) is 0 Å². The topological polar surface area (TPSA) is 104 Å². The summed E-state index contributed by atoms with van der Waals surface area (Å²) in [5, 5.41) is 11.8. The molecular weight excluding hydrogens is 418 g/mol. The lowest BCUT2D eigenvalue weighted by Crippen LogP contribution is -2.27. The molecule has 2 bridgehead atoms. The Kier molecular flexibility index (Phi) is 8.59. The summed E-state index contributed by atoms with van der Waals surface area (Å²) < 4.78 is 6.17. The molecule has 3 fully saturated rings. The van der Waals surface area contributed by atoms with Gasteiger partial charge in [0.1, 0.15) is 11.5 Å². The van der Waals surface area contributed by atoms with Crippen LogP contribution in [0.2, 0.25) is 0 Å². The number of aromatic nitrogens is 2. The molecule has 2 aliphatic heterocycles. The van der Waals surface area contributed by atoms with E-state index in [4.69, 9.17) is 9.84 Å². The number of carboxylic acids is 1. The minimum atomic E-state index is -0.772. The molecule has 1 amide bonds. The number of carbonyl (C=O) groups excluding carboxylic acids is 1. The molecule has 3 aliphatic rings. The smallest absolute Gasteiger partial charge is 0.303 e. The monoisotopic (exact) mass is 457 g/mol. The summed E-state index contributed by atoms with van der Waals surface area (Å²) in [6.07, 6.45) is 20.2. The maximum absolute atomic E-state index is 12.6.